The summed E-state index contributed by atoms with van der Waals surface area (Å²) in [6.07, 6.45) is 0.264. The molecule has 4 aromatic rings. The van der Waals surface area contributed by atoms with E-state index in [1.54, 1.807) is 34.6 Å². The fraction of sp³-hybridized carbons (Fsp3) is 0.371. The van der Waals surface area contributed by atoms with Gasteiger partial charge in [0.1, 0.15) is 18.0 Å². The summed E-state index contributed by atoms with van der Waals surface area (Å²) in [5.74, 6) is 0.276. The summed E-state index contributed by atoms with van der Waals surface area (Å²) in [4.78, 5) is 46.7. The normalized spacial score (nSPS) is 17.0. The van der Waals surface area contributed by atoms with Gasteiger partial charge in [-0.3, -0.25) is 9.36 Å². The van der Waals surface area contributed by atoms with Crippen LogP contribution in [0.4, 0.5) is 9.59 Å². The quantitative estimate of drug-likeness (QED) is 0.250. The van der Waals surface area contributed by atoms with Gasteiger partial charge in [0.2, 0.25) is 0 Å². The Balaban J connectivity index is 1.26. The molecule has 1 N–H and O–H groups in total. The van der Waals surface area contributed by atoms with Crippen LogP contribution in [-0.4, -0.2) is 51.9 Å². The Bertz CT molecular complexity index is 1790. The minimum Gasteiger partial charge on any atom is -0.449 e. The van der Waals surface area contributed by atoms with Crippen LogP contribution in [0, 0.1) is 0 Å². The van der Waals surface area contributed by atoms with Crippen molar-refractivity contribution in [2.24, 2.45) is 0 Å². The second-order valence-corrected chi connectivity index (χ2v) is 13.1. The molecule has 0 saturated carbocycles. The molecule has 0 radical (unpaired) electrons. The molecule has 0 bridgehead atoms. The van der Waals surface area contributed by atoms with Crippen molar-refractivity contribution in [2.75, 3.05) is 19.7 Å². The second-order valence-electron chi connectivity index (χ2n) is 12.7. The first-order valence-electron chi connectivity index (χ1n) is 15.3. The molecule has 6 rings (SSSR count). The fourth-order valence-electron chi connectivity index (χ4n) is 6.42. The van der Waals surface area contributed by atoms with Crippen LogP contribution in [0.2, 0.25) is 5.02 Å². The van der Waals surface area contributed by atoms with E-state index in [-0.39, 0.29) is 24.6 Å². The first-order valence-corrected chi connectivity index (χ1v) is 15.7. The number of nitrogens with one attached hydrogen (secondary N) is 1. The molecule has 0 spiro atoms. The third kappa shape index (κ3) is 6.14. The zero-order valence-corrected chi connectivity index (χ0v) is 26.6. The number of piperidine rings is 1. The molecular weight excluding hydrogens is 592 g/mol. The van der Waals surface area contributed by atoms with Crippen molar-refractivity contribution in [3.05, 3.63) is 99.1 Å². The third-order valence-corrected chi connectivity index (χ3v) is 8.70. The lowest BCUT2D eigenvalue weighted by atomic mass is 9.98. The van der Waals surface area contributed by atoms with Gasteiger partial charge >= 0.3 is 12.2 Å². The van der Waals surface area contributed by atoms with Gasteiger partial charge in [-0.05, 0) is 74.9 Å². The molecule has 1 fully saturated rings. The van der Waals surface area contributed by atoms with E-state index in [9.17, 15) is 14.4 Å². The SMILES string of the molecule is C[C@H](NC(=O)OCC1c2ccccc2-c2ccccc21)c1nc2cccc(Cl)c2c(=O)n1C1CCCN(C(=O)OC(C)(C)C)C1. The van der Waals surface area contributed by atoms with E-state index < -0.39 is 29.9 Å². The number of nitrogens with zero attached hydrogens (tertiary/aromatic N) is 3. The van der Waals surface area contributed by atoms with Gasteiger partial charge in [0.25, 0.3) is 5.56 Å². The number of carbonyl (C=O) groups excluding carboxylic acids is 2. The van der Waals surface area contributed by atoms with Crippen LogP contribution in [-0.2, 0) is 9.47 Å². The smallest absolute Gasteiger partial charge is 0.410 e. The zero-order chi connectivity index (χ0) is 31.9. The highest BCUT2D eigenvalue weighted by Gasteiger charge is 2.33. The predicted octanol–water partition coefficient (Wildman–Crippen LogP) is 7.22. The van der Waals surface area contributed by atoms with E-state index in [4.69, 9.17) is 26.1 Å². The number of amides is 2. The van der Waals surface area contributed by atoms with Crippen LogP contribution < -0.4 is 10.9 Å². The molecule has 1 saturated heterocycles. The number of carbonyl (C=O) groups is 2. The van der Waals surface area contributed by atoms with Crippen molar-refractivity contribution < 1.29 is 19.1 Å². The Morgan fingerprint density at radius 2 is 1.69 bits per heavy atom. The number of aromatic nitrogens is 2. The minimum absolute atomic E-state index is 0.0846. The summed E-state index contributed by atoms with van der Waals surface area (Å²) in [6, 6.07) is 20.3. The molecule has 1 aliphatic heterocycles. The maximum absolute atomic E-state index is 14.1. The molecule has 234 valence electrons. The van der Waals surface area contributed by atoms with Crippen LogP contribution in [0.25, 0.3) is 22.0 Å². The lowest BCUT2D eigenvalue weighted by Crippen LogP contribution is -2.46. The van der Waals surface area contributed by atoms with Crippen molar-refractivity contribution in [3.63, 3.8) is 0 Å². The van der Waals surface area contributed by atoms with Gasteiger partial charge < -0.3 is 19.7 Å². The van der Waals surface area contributed by atoms with Gasteiger partial charge in [-0.2, -0.15) is 0 Å². The topological polar surface area (TPSA) is 103 Å². The number of halogens is 1. The van der Waals surface area contributed by atoms with Gasteiger partial charge in [-0.1, -0.05) is 66.2 Å². The molecular formula is C35H37ClN4O5. The highest BCUT2D eigenvalue weighted by molar-refractivity contribution is 6.35. The Hall–Kier alpha value is -4.37. The predicted molar refractivity (Wildman–Crippen MR) is 174 cm³/mol. The van der Waals surface area contributed by atoms with Gasteiger partial charge in [-0.25, -0.2) is 14.6 Å². The highest BCUT2D eigenvalue weighted by Crippen LogP contribution is 2.44. The average Bonchev–Trinajstić information content (AvgIpc) is 3.32. The van der Waals surface area contributed by atoms with Crippen LogP contribution >= 0.6 is 11.6 Å². The molecule has 2 amide bonds. The molecule has 9 nitrogen and oxygen atoms in total. The number of fused-ring (bicyclic) bond motifs is 4. The average molecular weight is 629 g/mol. The van der Waals surface area contributed by atoms with Crippen LogP contribution in [0.3, 0.4) is 0 Å². The van der Waals surface area contributed by atoms with Gasteiger partial charge in [0.15, 0.2) is 0 Å². The van der Waals surface area contributed by atoms with Gasteiger partial charge in [0, 0.05) is 19.0 Å². The Kier molecular flexibility index (Phi) is 8.31. The Labute approximate surface area is 267 Å². The van der Waals surface area contributed by atoms with Crippen molar-refractivity contribution >= 4 is 34.7 Å². The summed E-state index contributed by atoms with van der Waals surface area (Å²) >= 11 is 6.49. The zero-order valence-electron chi connectivity index (χ0n) is 25.9. The molecule has 10 heteroatoms. The lowest BCUT2D eigenvalue weighted by Gasteiger charge is -2.36. The molecule has 2 aliphatic rings. The number of hydrogen-bond acceptors (Lipinski definition) is 6. The first-order chi connectivity index (χ1) is 21.5. The molecule has 1 unspecified atom stereocenters. The van der Waals surface area contributed by atoms with Crippen LogP contribution in [0.15, 0.2) is 71.5 Å². The first kappa shape index (κ1) is 30.6. The van der Waals surface area contributed by atoms with E-state index in [1.807, 2.05) is 45.0 Å². The van der Waals surface area contributed by atoms with Gasteiger partial charge in [-0.15, -0.1) is 0 Å². The molecule has 3 aromatic carbocycles. The maximum Gasteiger partial charge on any atom is 0.410 e. The van der Waals surface area contributed by atoms with E-state index in [1.165, 1.54) is 0 Å². The third-order valence-electron chi connectivity index (χ3n) is 8.38. The summed E-state index contributed by atoms with van der Waals surface area (Å²) in [5.41, 5.74) is 3.99. The summed E-state index contributed by atoms with van der Waals surface area (Å²) in [6.45, 7) is 8.17. The summed E-state index contributed by atoms with van der Waals surface area (Å²) in [5, 5.41) is 3.49. The Morgan fingerprint density at radius 1 is 1.02 bits per heavy atom. The largest absolute Gasteiger partial charge is 0.449 e. The monoisotopic (exact) mass is 628 g/mol. The molecule has 45 heavy (non-hydrogen) atoms. The molecule has 1 aromatic heterocycles. The van der Waals surface area contributed by atoms with Crippen molar-refractivity contribution in [2.45, 2.75) is 64.1 Å². The highest BCUT2D eigenvalue weighted by atomic mass is 35.5. The number of benzene rings is 3. The minimum atomic E-state index is -0.686. The number of likely N-dealkylation sites (tertiary alicyclic amines) is 1. The number of rotatable bonds is 5. The van der Waals surface area contributed by atoms with Crippen molar-refractivity contribution in [1.82, 2.24) is 19.8 Å². The molecule has 2 atom stereocenters. The second kappa shape index (κ2) is 12.2. The molecule has 1 aliphatic carbocycles. The summed E-state index contributed by atoms with van der Waals surface area (Å²) < 4.78 is 13.0. The van der Waals surface area contributed by atoms with E-state index in [0.717, 1.165) is 22.3 Å². The van der Waals surface area contributed by atoms with Crippen LogP contribution in [0.5, 0.6) is 0 Å². The lowest BCUT2D eigenvalue weighted by molar-refractivity contribution is 0.0169. The fourth-order valence-corrected chi connectivity index (χ4v) is 6.67. The molecule has 2 heterocycles. The Morgan fingerprint density at radius 3 is 2.36 bits per heavy atom. The van der Waals surface area contributed by atoms with Crippen molar-refractivity contribution in [3.8, 4) is 11.1 Å². The standard InChI is InChI=1S/C35H37ClN4O5/c1-21(37-33(42)44-20-27-25-14-7-5-12-23(25)24-13-6-8-15-26(24)27)31-38-29-17-9-16-28(36)30(29)32(41)40(31)22-11-10-18-39(19-22)34(43)45-35(2,3)4/h5-9,12-17,21-22,27H,10-11,18-20H2,1-4H3,(H,37,42)/t21-,22?/m0/s1. The number of ether oxygens (including phenoxy) is 2. The van der Waals surface area contributed by atoms with E-state index in [0.29, 0.717) is 41.1 Å². The number of hydrogen-bond donors (Lipinski definition) is 1. The van der Waals surface area contributed by atoms with E-state index >= 15 is 0 Å². The van der Waals surface area contributed by atoms with Crippen LogP contribution in [0.1, 0.15) is 75.5 Å². The van der Waals surface area contributed by atoms with Crippen molar-refractivity contribution in [1.29, 1.82) is 0 Å². The summed E-state index contributed by atoms with van der Waals surface area (Å²) in [7, 11) is 0. The van der Waals surface area contributed by atoms with Gasteiger partial charge in [0.05, 0.1) is 28.0 Å². The van der Waals surface area contributed by atoms with E-state index in [2.05, 4.69) is 29.6 Å². The maximum atomic E-state index is 14.1. The number of alkyl carbamates (subject to hydrolysis) is 1.